The van der Waals surface area contributed by atoms with E-state index in [0.717, 1.165) is 33.6 Å². The minimum Gasteiger partial charge on any atom is -0.302 e. The topological polar surface area (TPSA) is 25.8 Å². The van der Waals surface area contributed by atoms with Crippen LogP contribution < -0.4 is 4.40 Å². The summed E-state index contributed by atoms with van der Waals surface area (Å²) in [4.78, 5) is 8.89. The van der Waals surface area contributed by atoms with Crippen LogP contribution in [0.25, 0.3) is 42.7 Å². The Bertz CT molecular complexity index is 1790. The summed E-state index contributed by atoms with van der Waals surface area (Å²) >= 11 is -0.174. The van der Waals surface area contributed by atoms with Crippen molar-refractivity contribution in [1.29, 1.82) is 0 Å². The van der Waals surface area contributed by atoms with Crippen LogP contribution in [0, 0.1) is 23.4 Å². The molecule has 0 atom stereocenters. The number of fused-ring (bicyclic) bond motifs is 3. The van der Waals surface area contributed by atoms with Crippen LogP contribution >= 0.6 is 11.3 Å². The molecule has 0 saturated carbocycles. The van der Waals surface area contributed by atoms with Gasteiger partial charge < -0.3 is 4.98 Å². The normalized spacial score (nSPS) is 11.6. The fraction of sp³-hybridized carbons (Fsp3) is 0.222. The average Bonchev–Trinajstić information content (AvgIpc) is 3.32. The monoisotopic (exact) mass is 813 g/mol. The summed E-state index contributed by atoms with van der Waals surface area (Å²) in [5, 5.41) is 2.44. The molecule has 0 saturated heterocycles. The molecule has 6 aromatic rings. The van der Waals surface area contributed by atoms with Crippen LogP contribution in [-0.4, -0.2) is 23.2 Å². The summed E-state index contributed by atoms with van der Waals surface area (Å²) in [6.07, 6.45) is 4.49. The second-order valence-corrected chi connectivity index (χ2v) is 24.2. The molecule has 0 aliphatic carbocycles. The number of aromatic nitrogens is 2. The largest absolute Gasteiger partial charge is 0.302 e. The van der Waals surface area contributed by atoms with Crippen molar-refractivity contribution in [3.63, 3.8) is 0 Å². The minimum atomic E-state index is -1.90. The van der Waals surface area contributed by atoms with Gasteiger partial charge in [0.05, 0.1) is 6.20 Å². The molecule has 0 amide bonds. The van der Waals surface area contributed by atoms with E-state index in [-0.39, 0.29) is 25.9 Å². The molecule has 6 rings (SSSR count). The molecular formula is C36H35FGeIrN2S-2. The first kappa shape index (κ1) is 32.2. The average molecular weight is 812 g/mol. The maximum Gasteiger partial charge on any atom is 0.139 e. The van der Waals surface area contributed by atoms with E-state index in [1.165, 1.54) is 37.7 Å². The van der Waals surface area contributed by atoms with E-state index in [4.69, 9.17) is 4.98 Å². The zero-order valence-corrected chi connectivity index (χ0v) is 30.2. The van der Waals surface area contributed by atoms with Crippen molar-refractivity contribution in [2.45, 2.75) is 44.5 Å². The zero-order valence-electron chi connectivity index (χ0n) is 24.9. The molecule has 0 aliphatic heterocycles. The third-order valence-corrected chi connectivity index (χ3v) is 12.4. The van der Waals surface area contributed by atoms with Gasteiger partial charge in [-0.3, -0.25) is 0 Å². The SMILES string of the molecule is CC(C)(C)Cc1cc(-c2[c-]cccc2)nc[c]1[Ge]([CH3])([CH3])[CH3].Fc1ccc(-c2[c-]ccc3c2sc2ccccc23)nc1.[Ir]. The van der Waals surface area contributed by atoms with Crippen molar-refractivity contribution in [2.24, 2.45) is 5.41 Å². The van der Waals surface area contributed by atoms with Crippen molar-refractivity contribution in [2.75, 3.05) is 0 Å². The van der Waals surface area contributed by atoms with Crippen molar-refractivity contribution < 1.29 is 24.5 Å². The first-order valence-electron chi connectivity index (χ1n) is 13.9. The van der Waals surface area contributed by atoms with Crippen LogP contribution in [0.15, 0.2) is 91.3 Å². The summed E-state index contributed by atoms with van der Waals surface area (Å²) in [6, 6.07) is 32.3. The van der Waals surface area contributed by atoms with Crippen LogP contribution in [0.5, 0.6) is 0 Å². The van der Waals surface area contributed by atoms with E-state index < -0.39 is 13.3 Å². The summed E-state index contributed by atoms with van der Waals surface area (Å²) in [5.74, 6) is 7.00. The molecule has 6 heteroatoms. The second-order valence-electron chi connectivity index (χ2n) is 12.5. The van der Waals surface area contributed by atoms with E-state index >= 15 is 0 Å². The molecular weight excluding hydrogens is 776 g/mol. The van der Waals surface area contributed by atoms with E-state index in [2.05, 4.69) is 91.7 Å². The molecule has 1 radical (unpaired) electrons. The molecule has 0 unspecified atom stereocenters. The fourth-order valence-electron chi connectivity index (χ4n) is 4.99. The van der Waals surface area contributed by atoms with Gasteiger partial charge in [-0.2, -0.15) is 11.3 Å². The Kier molecular flexibility index (Phi) is 10.2. The van der Waals surface area contributed by atoms with Crippen LogP contribution in [0.4, 0.5) is 4.39 Å². The number of thiophene rings is 1. The van der Waals surface area contributed by atoms with E-state index in [9.17, 15) is 4.39 Å². The van der Waals surface area contributed by atoms with Gasteiger partial charge in [0.15, 0.2) is 0 Å². The smallest absolute Gasteiger partial charge is 0.139 e. The Morgan fingerprint density at radius 1 is 0.810 bits per heavy atom. The number of hydrogen-bond donors (Lipinski definition) is 0. The second kappa shape index (κ2) is 13.3. The Balaban J connectivity index is 0.000000188. The van der Waals surface area contributed by atoms with Crippen molar-refractivity contribution in [3.05, 3.63) is 115 Å². The Morgan fingerprint density at radius 3 is 2.21 bits per heavy atom. The number of hydrogen-bond acceptors (Lipinski definition) is 3. The number of nitrogens with zero attached hydrogens (tertiary/aromatic N) is 2. The van der Waals surface area contributed by atoms with E-state index in [1.54, 1.807) is 17.4 Å². The van der Waals surface area contributed by atoms with Crippen LogP contribution in [0.3, 0.4) is 0 Å². The number of rotatable bonds is 4. The molecule has 2 nitrogen and oxygen atoms in total. The summed E-state index contributed by atoms with van der Waals surface area (Å²) in [7, 11) is 0. The zero-order chi connectivity index (χ0) is 29.2. The Morgan fingerprint density at radius 2 is 1.55 bits per heavy atom. The molecule has 0 bridgehead atoms. The molecule has 0 aliphatic rings. The van der Waals surface area contributed by atoms with Gasteiger partial charge in [0.1, 0.15) is 5.82 Å². The van der Waals surface area contributed by atoms with Gasteiger partial charge in [-0.15, -0.1) is 23.8 Å². The van der Waals surface area contributed by atoms with Gasteiger partial charge in [-0.05, 0) is 27.9 Å². The van der Waals surface area contributed by atoms with E-state index in [0.29, 0.717) is 5.41 Å². The van der Waals surface area contributed by atoms with Crippen molar-refractivity contribution >= 4 is 49.2 Å². The predicted molar refractivity (Wildman–Crippen MR) is 176 cm³/mol. The van der Waals surface area contributed by atoms with Crippen LogP contribution in [-0.2, 0) is 26.5 Å². The van der Waals surface area contributed by atoms with Crippen molar-refractivity contribution in [3.8, 4) is 22.5 Å². The molecule has 217 valence electrons. The fourth-order valence-corrected chi connectivity index (χ4v) is 9.51. The quantitative estimate of drug-likeness (QED) is 0.131. The number of halogens is 1. The minimum absolute atomic E-state index is 0. The Labute approximate surface area is 269 Å². The molecule has 42 heavy (non-hydrogen) atoms. The molecule has 3 aromatic heterocycles. The van der Waals surface area contributed by atoms with Crippen LogP contribution in [0.2, 0.25) is 17.3 Å². The standard InChI is InChI=1S/C19H26GeN.C17H9FNS.Ir/c1-19(2,3)13-16-12-18(15-10-8-7-9-11-15)21-14-17(16)20(4,5)6;18-11-8-9-15(19-10-11)14-6-3-5-13-12-4-1-2-7-16(12)20-17(13)14;/h7-10,12,14H,13H2,1-6H3;1-5,7-10H;/q2*-1;. The molecule has 0 N–H and O–H groups in total. The van der Waals surface area contributed by atoms with Gasteiger partial charge >= 0.3 is 132 Å². The van der Waals surface area contributed by atoms with Gasteiger partial charge in [0.25, 0.3) is 0 Å². The van der Waals surface area contributed by atoms with Gasteiger partial charge in [-0.1, -0.05) is 29.7 Å². The molecule has 3 aromatic carbocycles. The third kappa shape index (κ3) is 7.62. The molecule has 0 spiro atoms. The molecule has 0 fully saturated rings. The van der Waals surface area contributed by atoms with E-state index in [1.807, 2.05) is 36.4 Å². The van der Waals surface area contributed by atoms with Crippen LogP contribution in [0.1, 0.15) is 26.3 Å². The third-order valence-electron chi connectivity index (χ3n) is 6.83. The predicted octanol–water partition coefficient (Wildman–Crippen LogP) is 9.74. The summed E-state index contributed by atoms with van der Waals surface area (Å²) in [6.45, 7) is 6.92. The van der Waals surface area contributed by atoms with Crippen molar-refractivity contribution in [1.82, 2.24) is 9.97 Å². The molecule has 3 heterocycles. The summed E-state index contributed by atoms with van der Waals surface area (Å²) < 4.78 is 16.9. The maximum absolute atomic E-state index is 13.0. The Hall–Kier alpha value is -2.70. The first-order valence-corrected chi connectivity index (χ1v) is 22.1. The summed E-state index contributed by atoms with van der Waals surface area (Å²) in [5.41, 5.74) is 5.59. The number of benzene rings is 3. The first-order chi connectivity index (χ1) is 19.5. The van der Waals surface area contributed by atoms with Gasteiger partial charge in [0, 0.05) is 24.8 Å². The number of pyridine rings is 2. The van der Waals surface area contributed by atoms with Gasteiger partial charge in [-0.25, -0.2) is 4.39 Å². The van der Waals surface area contributed by atoms with Gasteiger partial charge in [0.2, 0.25) is 0 Å². The maximum atomic E-state index is 13.0.